The average Bonchev–Trinajstić information content (AvgIpc) is 2.62. The maximum absolute atomic E-state index is 10.7. The standard InChI is InChI=1S/C21H26ClNO2/c22-17-10-4-11-18(15-17)25-20-13-5-12-19(21(20)24)23-14-6-9-16-7-2-1-3-8-16/h1-4,7-8,10-11,15,19-21,23-24H,5-6,9,12-14H2/t19-,20+,21+/m0/s1. The van der Waals surface area contributed by atoms with Crippen molar-refractivity contribution in [3.63, 3.8) is 0 Å². The van der Waals surface area contributed by atoms with Crippen LogP contribution in [0.3, 0.4) is 0 Å². The molecule has 1 aliphatic carbocycles. The van der Waals surface area contributed by atoms with E-state index in [1.165, 1.54) is 5.56 Å². The number of nitrogens with one attached hydrogen (secondary N) is 1. The normalized spacial score (nSPS) is 23.4. The van der Waals surface area contributed by atoms with Crippen LogP contribution in [-0.2, 0) is 6.42 Å². The predicted molar refractivity (Wildman–Crippen MR) is 102 cm³/mol. The highest BCUT2D eigenvalue weighted by Crippen LogP contribution is 2.26. The summed E-state index contributed by atoms with van der Waals surface area (Å²) in [6.07, 6.45) is 4.35. The van der Waals surface area contributed by atoms with Gasteiger partial charge in [0.25, 0.3) is 0 Å². The fraction of sp³-hybridized carbons (Fsp3) is 0.429. The summed E-state index contributed by atoms with van der Waals surface area (Å²) in [5.74, 6) is 0.723. The molecule has 2 N–H and O–H groups in total. The molecule has 0 aromatic heterocycles. The van der Waals surface area contributed by atoms with Crippen molar-refractivity contribution in [3.05, 3.63) is 65.2 Å². The van der Waals surface area contributed by atoms with Crippen molar-refractivity contribution in [3.8, 4) is 5.75 Å². The van der Waals surface area contributed by atoms with Gasteiger partial charge >= 0.3 is 0 Å². The summed E-state index contributed by atoms with van der Waals surface area (Å²) in [5, 5.41) is 14.8. The van der Waals surface area contributed by atoms with E-state index in [1.54, 1.807) is 6.07 Å². The van der Waals surface area contributed by atoms with Crippen LogP contribution in [0.5, 0.6) is 5.75 Å². The number of benzene rings is 2. The number of aliphatic hydroxyl groups is 1. The van der Waals surface area contributed by atoms with E-state index >= 15 is 0 Å². The molecule has 0 heterocycles. The molecule has 1 aliphatic rings. The molecule has 0 unspecified atom stereocenters. The minimum atomic E-state index is -0.496. The zero-order valence-electron chi connectivity index (χ0n) is 14.4. The van der Waals surface area contributed by atoms with Crippen LogP contribution in [0.1, 0.15) is 31.2 Å². The van der Waals surface area contributed by atoms with Gasteiger partial charge in [-0.25, -0.2) is 0 Å². The monoisotopic (exact) mass is 359 g/mol. The van der Waals surface area contributed by atoms with Crippen LogP contribution >= 0.6 is 11.6 Å². The van der Waals surface area contributed by atoms with Gasteiger partial charge in [0, 0.05) is 11.1 Å². The van der Waals surface area contributed by atoms with Gasteiger partial charge in [0.2, 0.25) is 0 Å². The minimum absolute atomic E-state index is 0.0914. The van der Waals surface area contributed by atoms with Crippen LogP contribution in [0.2, 0.25) is 5.02 Å². The van der Waals surface area contributed by atoms with Crippen LogP contribution in [0.15, 0.2) is 54.6 Å². The maximum Gasteiger partial charge on any atom is 0.126 e. The van der Waals surface area contributed by atoms with Crippen LogP contribution < -0.4 is 10.1 Å². The Balaban J connectivity index is 1.45. The van der Waals surface area contributed by atoms with Crippen molar-refractivity contribution in [1.29, 1.82) is 0 Å². The van der Waals surface area contributed by atoms with Crippen LogP contribution in [0, 0.1) is 0 Å². The minimum Gasteiger partial charge on any atom is -0.488 e. The average molecular weight is 360 g/mol. The van der Waals surface area contributed by atoms with Crippen molar-refractivity contribution < 1.29 is 9.84 Å². The number of halogens is 1. The van der Waals surface area contributed by atoms with Crippen molar-refractivity contribution >= 4 is 11.6 Å². The second kappa shape index (κ2) is 9.23. The van der Waals surface area contributed by atoms with Crippen molar-refractivity contribution in [2.24, 2.45) is 0 Å². The molecule has 3 nitrogen and oxygen atoms in total. The Bertz CT molecular complexity index is 649. The molecular formula is C21H26ClNO2. The highest BCUT2D eigenvalue weighted by Gasteiger charge is 2.32. The Hall–Kier alpha value is -1.55. The molecule has 3 rings (SSSR count). The molecule has 1 fully saturated rings. The number of ether oxygens (including phenoxy) is 1. The molecule has 0 radical (unpaired) electrons. The summed E-state index contributed by atoms with van der Waals surface area (Å²) < 4.78 is 5.98. The second-order valence-corrected chi connectivity index (χ2v) is 7.12. The largest absolute Gasteiger partial charge is 0.488 e. The zero-order valence-corrected chi connectivity index (χ0v) is 15.2. The molecule has 4 heteroatoms. The van der Waals surface area contributed by atoms with Crippen LogP contribution in [-0.4, -0.2) is 29.9 Å². The first-order valence-corrected chi connectivity index (χ1v) is 9.48. The molecule has 0 saturated heterocycles. The first-order chi connectivity index (χ1) is 12.2. The number of aryl methyl sites for hydroxylation is 1. The smallest absolute Gasteiger partial charge is 0.126 e. The molecule has 0 bridgehead atoms. The molecule has 134 valence electrons. The molecule has 0 amide bonds. The van der Waals surface area contributed by atoms with Crippen LogP contribution in [0.25, 0.3) is 0 Å². The lowest BCUT2D eigenvalue weighted by Crippen LogP contribution is -2.51. The molecule has 2 aromatic rings. The Morgan fingerprint density at radius 3 is 2.72 bits per heavy atom. The first-order valence-electron chi connectivity index (χ1n) is 9.10. The van der Waals surface area contributed by atoms with E-state index in [2.05, 4.69) is 29.6 Å². The summed E-state index contributed by atoms with van der Waals surface area (Å²) >= 11 is 6.01. The van der Waals surface area contributed by atoms with E-state index in [0.29, 0.717) is 5.02 Å². The van der Waals surface area contributed by atoms with E-state index < -0.39 is 6.10 Å². The van der Waals surface area contributed by atoms with Gasteiger partial charge in [-0.1, -0.05) is 48.0 Å². The summed E-state index contributed by atoms with van der Waals surface area (Å²) in [4.78, 5) is 0. The molecule has 3 atom stereocenters. The third kappa shape index (κ3) is 5.46. The molecule has 0 aliphatic heterocycles. The summed E-state index contributed by atoms with van der Waals surface area (Å²) in [6.45, 7) is 0.903. The second-order valence-electron chi connectivity index (χ2n) is 6.68. The van der Waals surface area contributed by atoms with Crippen molar-refractivity contribution in [2.75, 3.05) is 6.54 Å². The number of hydrogen-bond acceptors (Lipinski definition) is 3. The quantitative estimate of drug-likeness (QED) is 0.727. The highest BCUT2D eigenvalue weighted by atomic mass is 35.5. The van der Waals surface area contributed by atoms with E-state index in [4.69, 9.17) is 16.3 Å². The summed E-state index contributed by atoms with van der Waals surface area (Å²) in [5.41, 5.74) is 1.36. The van der Waals surface area contributed by atoms with E-state index in [-0.39, 0.29) is 12.1 Å². The number of aliphatic hydroxyl groups excluding tert-OH is 1. The van der Waals surface area contributed by atoms with Gasteiger partial charge in [0.1, 0.15) is 18.0 Å². The topological polar surface area (TPSA) is 41.5 Å². The summed E-state index contributed by atoms with van der Waals surface area (Å²) in [6, 6.07) is 18.0. The molecule has 25 heavy (non-hydrogen) atoms. The van der Waals surface area contributed by atoms with E-state index in [1.807, 2.05) is 24.3 Å². The van der Waals surface area contributed by atoms with Gasteiger partial charge in [-0.15, -0.1) is 0 Å². The molecule has 1 saturated carbocycles. The third-order valence-electron chi connectivity index (χ3n) is 4.77. The maximum atomic E-state index is 10.7. The van der Waals surface area contributed by atoms with Gasteiger partial charge < -0.3 is 15.2 Å². The summed E-state index contributed by atoms with van der Waals surface area (Å²) in [7, 11) is 0. The van der Waals surface area contributed by atoms with Gasteiger partial charge in [0.05, 0.1) is 0 Å². The zero-order chi connectivity index (χ0) is 17.5. The Morgan fingerprint density at radius 2 is 1.92 bits per heavy atom. The Kier molecular flexibility index (Phi) is 6.74. The van der Waals surface area contributed by atoms with E-state index in [0.717, 1.165) is 44.4 Å². The fourth-order valence-electron chi connectivity index (χ4n) is 3.43. The van der Waals surface area contributed by atoms with Gasteiger partial charge in [-0.2, -0.15) is 0 Å². The van der Waals surface area contributed by atoms with Gasteiger partial charge in [0.15, 0.2) is 0 Å². The third-order valence-corrected chi connectivity index (χ3v) is 5.01. The van der Waals surface area contributed by atoms with E-state index in [9.17, 15) is 5.11 Å². The lowest BCUT2D eigenvalue weighted by Gasteiger charge is -2.35. The molecular weight excluding hydrogens is 334 g/mol. The molecule has 0 spiro atoms. The first kappa shape index (κ1) is 18.2. The van der Waals surface area contributed by atoms with Gasteiger partial charge in [-0.05, 0) is 62.4 Å². The van der Waals surface area contributed by atoms with Crippen molar-refractivity contribution in [1.82, 2.24) is 5.32 Å². The van der Waals surface area contributed by atoms with Gasteiger partial charge in [-0.3, -0.25) is 0 Å². The SMILES string of the molecule is O[C@@H]1[C@@H](NCCCc2ccccc2)CCC[C@H]1Oc1cccc(Cl)c1. The fourth-order valence-corrected chi connectivity index (χ4v) is 3.61. The lowest BCUT2D eigenvalue weighted by molar-refractivity contribution is -0.0152. The van der Waals surface area contributed by atoms with Crippen molar-refractivity contribution in [2.45, 2.75) is 50.4 Å². The highest BCUT2D eigenvalue weighted by molar-refractivity contribution is 6.30. The Morgan fingerprint density at radius 1 is 1.08 bits per heavy atom. The number of hydrogen-bond donors (Lipinski definition) is 2. The molecule has 2 aromatic carbocycles. The Labute approximate surface area is 155 Å². The lowest BCUT2D eigenvalue weighted by atomic mass is 9.89. The number of rotatable bonds is 7. The van der Waals surface area contributed by atoms with Crippen LogP contribution in [0.4, 0.5) is 0 Å². The predicted octanol–water partition coefficient (Wildman–Crippen LogP) is 4.22.